The first-order chi connectivity index (χ1) is 14.9. The number of hydrogen-bond acceptors (Lipinski definition) is 7. The van der Waals surface area contributed by atoms with Gasteiger partial charge in [-0.05, 0) is 31.5 Å². The Labute approximate surface area is 181 Å². The minimum absolute atomic E-state index is 0.127. The summed E-state index contributed by atoms with van der Waals surface area (Å²) in [6.45, 7) is 2.00. The number of benzene rings is 1. The molecule has 2 aromatic heterocycles. The zero-order valence-electron chi connectivity index (χ0n) is 18.5. The van der Waals surface area contributed by atoms with Gasteiger partial charge in [-0.2, -0.15) is 5.10 Å². The average Bonchev–Trinajstić information content (AvgIpc) is 3.37. The topological polar surface area (TPSA) is 84.7 Å². The van der Waals surface area contributed by atoms with E-state index in [1.807, 2.05) is 38.4 Å². The van der Waals surface area contributed by atoms with Crippen LogP contribution < -0.4 is 18.9 Å². The van der Waals surface area contributed by atoms with E-state index in [1.54, 1.807) is 26.0 Å². The summed E-state index contributed by atoms with van der Waals surface area (Å²) in [5.74, 6) is 2.60. The molecular weight excluding hydrogens is 398 g/mol. The van der Waals surface area contributed by atoms with Crippen molar-refractivity contribution in [1.29, 1.82) is 0 Å². The van der Waals surface area contributed by atoms with Gasteiger partial charge in [-0.3, -0.25) is 9.48 Å². The lowest BCUT2D eigenvalue weighted by Crippen LogP contribution is -2.22. The van der Waals surface area contributed by atoms with Crippen molar-refractivity contribution in [3.8, 4) is 34.4 Å². The molecule has 1 saturated carbocycles. The fourth-order valence-electron chi connectivity index (χ4n) is 4.09. The van der Waals surface area contributed by atoms with Crippen molar-refractivity contribution in [3.05, 3.63) is 24.4 Å². The van der Waals surface area contributed by atoms with Crippen molar-refractivity contribution in [2.24, 2.45) is 13.0 Å². The second-order valence-electron chi connectivity index (χ2n) is 7.83. The van der Waals surface area contributed by atoms with E-state index in [2.05, 4.69) is 5.10 Å². The summed E-state index contributed by atoms with van der Waals surface area (Å²) in [4.78, 5) is 16.5. The maximum atomic E-state index is 11.7. The fourth-order valence-corrected chi connectivity index (χ4v) is 4.09. The van der Waals surface area contributed by atoms with Crippen molar-refractivity contribution >= 4 is 16.7 Å². The molecule has 3 aromatic rings. The molecule has 31 heavy (non-hydrogen) atoms. The number of fused-ring (bicyclic) bond motifs is 1. The van der Waals surface area contributed by atoms with Gasteiger partial charge in [0.25, 0.3) is 0 Å². The molecule has 4 rings (SSSR count). The van der Waals surface area contributed by atoms with Gasteiger partial charge in [-0.1, -0.05) is 0 Å². The van der Waals surface area contributed by atoms with E-state index in [4.69, 9.17) is 23.9 Å². The van der Waals surface area contributed by atoms with Gasteiger partial charge in [0.15, 0.2) is 11.5 Å². The Hall–Kier alpha value is -3.29. The van der Waals surface area contributed by atoms with E-state index >= 15 is 0 Å². The Morgan fingerprint density at radius 1 is 1.10 bits per heavy atom. The number of hydrogen-bond donors (Lipinski definition) is 0. The minimum atomic E-state index is -0.127. The summed E-state index contributed by atoms with van der Waals surface area (Å²) in [6, 6.07) is 5.61. The fraction of sp³-hybridized carbons (Fsp3) is 0.435. The molecule has 8 nitrogen and oxygen atoms in total. The molecule has 1 aliphatic carbocycles. The van der Waals surface area contributed by atoms with Crippen LogP contribution in [0.25, 0.3) is 22.2 Å². The average molecular weight is 425 g/mol. The van der Waals surface area contributed by atoms with Gasteiger partial charge in [0, 0.05) is 37.6 Å². The zero-order valence-corrected chi connectivity index (χ0v) is 18.5. The van der Waals surface area contributed by atoms with Crippen molar-refractivity contribution in [2.45, 2.75) is 32.3 Å². The lowest BCUT2D eigenvalue weighted by molar-refractivity contribution is -0.117. The van der Waals surface area contributed by atoms with Crippen LogP contribution in [0, 0.1) is 5.92 Å². The number of ketones is 1. The molecule has 0 bridgehead atoms. The third-order valence-corrected chi connectivity index (χ3v) is 5.79. The van der Waals surface area contributed by atoms with E-state index < -0.39 is 0 Å². The normalized spacial score (nSPS) is 17.1. The molecule has 164 valence electrons. The van der Waals surface area contributed by atoms with E-state index in [1.165, 1.54) is 0 Å². The molecule has 0 unspecified atom stereocenters. The molecule has 1 aromatic carbocycles. The highest BCUT2D eigenvalue weighted by atomic mass is 16.5. The largest absolute Gasteiger partial charge is 0.493 e. The lowest BCUT2D eigenvalue weighted by Gasteiger charge is -2.20. The first kappa shape index (κ1) is 21.0. The summed E-state index contributed by atoms with van der Waals surface area (Å²) in [5, 5.41) is 5.38. The van der Waals surface area contributed by atoms with Gasteiger partial charge >= 0.3 is 0 Å². The van der Waals surface area contributed by atoms with Crippen molar-refractivity contribution < 1.29 is 23.7 Å². The molecule has 0 radical (unpaired) electrons. The third-order valence-electron chi connectivity index (χ3n) is 5.79. The Morgan fingerprint density at radius 3 is 2.39 bits per heavy atom. The van der Waals surface area contributed by atoms with Gasteiger partial charge in [0.1, 0.15) is 11.9 Å². The number of rotatable bonds is 7. The molecular formula is C23H27N3O5. The second kappa shape index (κ2) is 8.45. The molecule has 1 aliphatic rings. The summed E-state index contributed by atoms with van der Waals surface area (Å²) < 4.78 is 24.4. The van der Waals surface area contributed by atoms with Crippen LogP contribution in [0.3, 0.4) is 0 Å². The van der Waals surface area contributed by atoms with Crippen LogP contribution in [0.15, 0.2) is 24.4 Å². The molecule has 0 amide bonds. The predicted molar refractivity (Wildman–Crippen MR) is 116 cm³/mol. The number of aryl methyl sites for hydroxylation is 1. The van der Waals surface area contributed by atoms with E-state index in [9.17, 15) is 4.79 Å². The number of nitrogens with zero attached hydrogens (tertiary/aromatic N) is 3. The highest BCUT2D eigenvalue weighted by Gasteiger charge is 2.29. The van der Waals surface area contributed by atoms with Crippen molar-refractivity contribution in [2.75, 3.05) is 21.3 Å². The summed E-state index contributed by atoms with van der Waals surface area (Å²) >= 11 is 0. The Kier molecular flexibility index (Phi) is 5.71. The van der Waals surface area contributed by atoms with Gasteiger partial charge in [-0.15, -0.1) is 0 Å². The Morgan fingerprint density at radius 2 is 1.81 bits per heavy atom. The summed E-state index contributed by atoms with van der Waals surface area (Å²) in [5.41, 5.74) is 2.23. The molecule has 1 fully saturated rings. The van der Waals surface area contributed by atoms with Crippen LogP contribution >= 0.6 is 0 Å². The number of Topliss-reactive ketones (excluding diaryl/α,β-unsaturated/α-hetero) is 1. The highest BCUT2D eigenvalue weighted by molar-refractivity contribution is 5.87. The smallest absolute Gasteiger partial charge is 0.225 e. The molecule has 0 saturated heterocycles. The molecule has 0 aliphatic heterocycles. The van der Waals surface area contributed by atoms with E-state index in [0.29, 0.717) is 47.4 Å². The van der Waals surface area contributed by atoms with Crippen molar-refractivity contribution in [3.63, 3.8) is 0 Å². The van der Waals surface area contributed by atoms with Gasteiger partial charge in [0.05, 0.1) is 37.9 Å². The number of carbonyl (C=O) groups excluding carboxylic acids is 1. The molecule has 2 atom stereocenters. The summed E-state index contributed by atoms with van der Waals surface area (Å²) in [7, 11) is 6.59. The van der Waals surface area contributed by atoms with E-state index in [0.717, 1.165) is 22.9 Å². The highest BCUT2D eigenvalue weighted by Crippen LogP contribution is 2.42. The van der Waals surface area contributed by atoms with Crippen LogP contribution in [0.1, 0.15) is 26.2 Å². The first-order valence-electron chi connectivity index (χ1n) is 10.3. The number of methoxy groups -OCH3 is 3. The number of carbonyl (C=O) groups is 1. The van der Waals surface area contributed by atoms with Gasteiger partial charge in [0.2, 0.25) is 11.6 Å². The number of pyridine rings is 1. The standard InChI is InChI=1S/C23H27N3O5/c1-13(14-6-7-16(27)8-14)31-23-17-12-26(2)25-19(17)11-18(24-23)15-9-20(28-3)22(30-5)21(10-15)29-4/h9-14H,6-8H2,1-5H3/t13-,14+/m1/s1. The van der Waals surface area contributed by atoms with Gasteiger partial charge in [-0.25, -0.2) is 4.98 Å². The van der Waals surface area contributed by atoms with Crippen LogP contribution in [-0.2, 0) is 11.8 Å². The maximum Gasteiger partial charge on any atom is 0.225 e. The monoisotopic (exact) mass is 425 g/mol. The lowest BCUT2D eigenvalue weighted by atomic mass is 10.0. The minimum Gasteiger partial charge on any atom is -0.493 e. The molecule has 2 heterocycles. The Balaban J connectivity index is 1.78. The summed E-state index contributed by atoms with van der Waals surface area (Å²) in [6.07, 6.45) is 3.80. The Bertz CT molecular complexity index is 1100. The maximum absolute atomic E-state index is 11.7. The van der Waals surface area contributed by atoms with Gasteiger partial charge < -0.3 is 18.9 Å². The quantitative estimate of drug-likeness (QED) is 0.569. The first-order valence-corrected chi connectivity index (χ1v) is 10.3. The molecule has 0 spiro atoms. The number of aromatic nitrogens is 3. The predicted octanol–water partition coefficient (Wildman–Crippen LogP) is 3.80. The molecule has 8 heteroatoms. The number of ether oxygens (including phenoxy) is 4. The van der Waals surface area contributed by atoms with Crippen LogP contribution in [0.5, 0.6) is 23.1 Å². The van der Waals surface area contributed by atoms with Crippen LogP contribution in [-0.4, -0.2) is 48.0 Å². The van der Waals surface area contributed by atoms with Crippen molar-refractivity contribution in [1.82, 2.24) is 14.8 Å². The third kappa shape index (κ3) is 4.02. The van der Waals surface area contributed by atoms with Crippen LogP contribution in [0.2, 0.25) is 0 Å². The molecule has 0 N–H and O–H groups in total. The van der Waals surface area contributed by atoms with E-state index in [-0.39, 0.29) is 12.0 Å². The second-order valence-corrected chi connectivity index (χ2v) is 7.83. The SMILES string of the molecule is COc1cc(-c2cc3nn(C)cc3c(O[C@H](C)[C@H]3CCC(=O)C3)n2)cc(OC)c1OC. The zero-order chi connectivity index (χ0) is 22.1. The van der Waals surface area contributed by atoms with Crippen LogP contribution in [0.4, 0.5) is 0 Å².